The molecule has 0 radical (unpaired) electrons. The van der Waals surface area contributed by atoms with Crippen LogP contribution in [0, 0.1) is 5.41 Å². The van der Waals surface area contributed by atoms with Gasteiger partial charge in [-0.3, -0.25) is 9.59 Å². The third-order valence-corrected chi connectivity index (χ3v) is 11.3. The molecule has 6 rings (SSSR count). The average Bonchev–Trinajstić information content (AvgIpc) is 3.39. The molecule has 2 atom stereocenters. The summed E-state index contributed by atoms with van der Waals surface area (Å²) >= 11 is 0. The lowest BCUT2D eigenvalue weighted by molar-refractivity contribution is -0.154. The van der Waals surface area contributed by atoms with E-state index in [1.807, 2.05) is 0 Å². The van der Waals surface area contributed by atoms with Crippen LogP contribution in [-0.4, -0.2) is 85.7 Å². The summed E-state index contributed by atoms with van der Waals surface area (Å²) in [5, 5.41) is 24.5. The minimum Gasteiger partial charge on any atom is -0.493 e. The van der Waals surface area contributed by atoms with E-state index in [0.717, 1.165) is 12.2 Å². The Bertz CT molecular complexity index is 2810. The summed E-state index contributed by atoms with van der Waals surface area (Å²) in [4.78, 5) is 54.4. The average molecular weight is 1040 g/mol. The lowest BCUT2D eigenvalue weighted by Crippen LogP contribution is -2.54. The third kappa shape index (κ3) is 15.7. The number of alkyl halides is 6. The SMILES string of the molecule is COc1cc(/C=C/C(=O)C(O)C(Cc2ccc(N)cc2)(Cc2ccc(N)cc2)C(O)C(=O)/C=C/c2ccc(OC(=O)c3ccc(OCC(F)(F)F)cc3)c(OC)c2)ccc1OC(=O)c1ccc(OCC(F)(F)F)cc1. The monoisotopic (exact) mass is 1040 g/mol. The molecule has 0 heterocycles. The van der Waals surface area contributed by atoms with Gasteiger partial charge in [0.15, 0.2) is 47.8 Å². The molecule has 0 aliphatic carbocycles. The molecule has 0 saturated heterocycles. The Morgan fingerprint density at radius 2 is 0.853 bits per heavy atom. The molecule has 0 bridgehead atoms. The van der Waals surface area contributed by atoms with E-state index in [2.05, 4.69) is 9.47 Å². The predicted molar refractivity (Wildman–Crippen MR) is 264 cm³/mol. The van der Waals surface area contributed by atoms with E-state index in [0.29, 0.717) is 33.6 Å². The van der Waals surface area contributed by atoms with Gasteiger partial charge in [-0.15, -0.1) is 0 Å². The van der Waals surface area contributed by atoms with Crippen molar-refractivity contribution in [2.24, 2.45) is 5.41 Å². The smallest absolute Gasteiger partial charge is 0.422 e. The molecule has 0 aliphatic rings. The quantitative estimate of drug-likeness (QED) is 0.0164. The van der Waals surface area contributed by atoms with E-state index in [-0.39, 0.29) is 58.5 Å². The summed E-state index contributed by atoms with van der Waals surface area (Å²) in [5.41, 5.74) is 12.4. The number of nitrogens with two attached hydrogens (primary N) is 2. The molecule has 0 amide bonds. The maximum Gasteiger partial charge on any atom is 0.422 e. The van der Waals surface area contributed by atoms with Gasteiger partial charge in [0.05, 0.1) is 25.3 Å². The van der Waals surface area contributed by atoms with E-state index in [9.17, 15) is 55.7 Å². The number of hydrogen-bond acceptors (Lipinski definition) is 14. The number of hydrogen-bond donors (Lipinski definition) is 4. The number of aliphatic hydroxyl groups is 2. The highest BCUT2D eigenvalue weighted by Crippen LogP contribution is 2.39. The maximum atomic E-state index is 14.3. The van der Waals surface area contributed by atoms with Gasteiger partial charge < -0.3 is 50.1 Å². The molecule has 392 valence electrons. The Morgan fingerprint density at radius 3 is 1.17 bits per heavy atom. The lowest BCUT2D eigenvalue weighted by atomic mass is 9.66. The zero-order chi connectivity index (χ0) is 54.5. The van der Waals surface area contributed by atoms with Crippen molar-refractivity contribution in [2.45, 2.75) is 37.4 Å². The van der Waals surface area contributed by atoms with Gasteiger partial charge in [0.1, 0.15) is 23.7 Å². The molecule has 75 heavy (non-hydrogen) atoms. The first-order chi connectivity index (χ1) is 35.5. The van der Waals surface area contributed by atoms with Crippen LogP contribution in [0.25, 0.3) is 12.2 Å². The third-order valence-electron chi connectivity index (χ3n) is 11.3. The second kappa shape index (κ2) is 24.4. The van der Waals surface area contributed by atoms with E-state index in [1.54, 1.807) is 48.5 Å². The molecular weight excluding hydrogens is 995 g/mol. The summed E-state index contributed by atoms with van der Waals surface area (Å²) in [7, 11) is 2.58. The van der Waals surface area contributed by atoms with Crippen LogP contribution in [0.3, 0.4) is 0 Å². The number of rotatable bonds is 22. The van der Waals surface area contributed by atoms with Crippen LogP contribution in [0.5, 0.6) is 34.5 Å². The number of nitrogen functional groups attached to an aromatic ring is 2. The first-order valence-corrected chi connectivity index (χ1v) is 22.4. The molecule has 0 spiro atoms. The van der Waals surface area contributed by atoms with Gasteiger partial charge in [-0.25, -0.2) is 9.59 Å². The molecule has 2 unspecified atom stereocenters. The summed E-state index contributed by atoms with van der Waals surface area (Å²) < 4.78 is 107. The van der Waals surface area contributed by atoms with Crippen molar-refractivity contribution in [1.82, 2.24) is 0 Å². The Morgan fingerprint density at radius 1 is 0.507 bits per heavy atom. The maximum absolute atomic E-state index is 14.3. The molecule has 6 N–H and O–H groups in total. The minimum atomic E-state index is -4.56. The van der Waals surface area contributed by atoms with E-state index in [1.165, 1.54) is 111 Å². The number of aliphatic hydroxyl groups excluding tert-OH is 2. The van der Waals surface area contributed by atoms with E-state index in [4.69, 9.17) is 30.4 Å². The molecule has 0 aromatic heterocycles. The summed E-state index contributed by atoms with van der Waals surface area (Å²) in [5.74, 6) is -3.86. The van der Waals surface area contributed by atoms with Crippen molar-refractivity contribution >= 4 is 47.0 Å². The van der Waals surface area contributed by atoms with Gasteiger partial charge in [0, 0.05) is 16.8 Å². The fraction of sp³-hybridized carbons (Fsp3) is 0.200. The molecule has 6 aromatic rings. The molecule has 20 heteroatoms. The lowest BCUT2D eigenvalue weighted by Gasteiger charge is -2.40. The van der Waals surface area contributed by atoms with Crippen LogP contribution in [0.15, 0.2) is 146 Å². The van der Waals surface area contributed by atoms with Crippen LogP contribution in [-0.2, 0) is 22.4 Å². The van der Waals surface area contributed by atoms with Crippen molar-refractivity contribution in [2.75, 3.05) is 38.9 Å². The highest BCUT2D eigenvalue weighted by Gasteiger charge is 2.49. The van der Waals surface area contributed by atoms with Crippen LogP contribution in [0.4, 0.5) is 37.7 Å². The van der Waals surface area contributed by atoms with E-state index < -0.39 is 66.7 Å². The largest absolute Gasteiger partial charge is 0.493 e. The fourth-order valence-electron chi connectivity index (χ4n) is 7.50. The highest BCUT2D eigenvalue weighted by molar-refractivity contribution is 6.01. The molecule has 0 saturated carbocycles. The zero-order valence-electron chi connectivity index (χ0n) is 39.9. The van der Waals surface area contributed by atoms with Crippen molar-refractivity contribution < 1.29 is 84.2 Å². The van der Waals surface area contributed by atoms with Gasteiger partial charge in [-0.1, -0.05) is 48.6 Å². The van der Waals surface area contributed by atoms with Crippen molar-refractivity contribution in [1.29, 1.82) is 0 Å². The summed E-state index contributed by atoms with van der Waals surface area (Å²) in [6.45, 7) is -3.04. The Labute approximate surface area is 425 Å². The van der Waals surface area contributed by atoms with Crippen LogP contribution < -0.4 is 39.9 Å². The van der Waals surface area contributed by atoms with Gasteiger partial charge in [0.25, 0.3) is 0 Å². The first-order valence-electron chi connectivity index (χ1n) is 22.4. The number of ketones is 2. The normalized spacial score (nSPS) is 12.7. The number of carbonyl (C=O) groups excluding carboxylic acids is 4. The molecule has 0 aliphatic heterocycles. The summed E-state index contributed by atoms with van der Waals surface area (Å²) in [6, 6.07) is 30.9. The first kappa shape index (κ1) is 55.7. The number of ether oxygens (including phenoxy) is 6. The summed E-state index contributed by atoms with van der Waals surface area (Å²) in [6.07, 6.45) is -8.99. The van der Waals surface area contributed by atoms with Crippen LogP contribution in [0.2, 0.25) is 0 Å². The number of benzene rings is 6. The fourth-order valence-corrected chi connectivity index (χ4v) is 7.50. The van der Waals surface area contributed by atoms with Gasteiger partial charge in [-0.05, 0) is 144 Å². The van der Waals surface area contributed by atoms with Crippen molar-refractivity contribution in [3.05, 3.63) is 179 Å². The van der Waals surface area contributed by atoms with Crippen LogP contribution in [0.1, 0.15) is 43.0 Å². The molecule has 14 nitrogen and oxygen atoms in total. The van der Waals surface area contributed by atoms with Gasteiger partial charge in [0.2, 0.25) is 0 Å². The van der Waals surface area contributed by atoms with Gasteiger partial charge >= 0.3 is 24.3 Å². The number of carbonyl (C=O) groups is 4. The minimum absolute atomic E-state index is 0.0128. The second-order valence-corrected chi connectivity index (χ2v) is 16.8. The van der Waals surface area contributed by atoms with Gasteiger partial charge in [-0.2, -0.15) is 26.3 Å². The molecular formula is C55H48F6N2O12. The number of esters is 2. The topological polar surface area (TPSA) is 216 Å². The standard InChI is InChI=1S/C55H48F6N2O12/c1-70-47-27-33(9-25-45(47)74-51(68)37-11-19-41(20-12-37)72-31-54(56,57)58)7-23-43(64)49(66)53(29-35-3-15-39(62)16-4-35,30-36-5-17-40(63)18-6-36)50(67)44(65)24-8-34-10-26-46(48(28-34)71-2)75-52(69)38-13-21-42(22-14-38)73-32-55(59,60)61/h3-28,49-50,66-67H,29-32,62-63H2,1-2H3/b23-7+,24-8+. The zero-order valence-corrected chi connectivity index (χ0v) is 39.9. The highest BCUT2D eigenvalue weighted by atomic mass is 19.4. The number of halogens is 6. The second-order valence-electron chi connectivity index (χ2n) is 16.8. The number of anilines is 2. The van der Waals surface area contributed by atoms with Crippen LogP contribution >= 0.6 is 0 Å². The molecule has 0 fully saturated rings. The predicted octanol–water partition coefficient (Wildman–Crippen LogP) is 9.25. The number of methoxy groups -OCH3 is 2. The Kier molecular flexibility index (Phi) is 18.1. The van der Waals surface area contributed by atoms with E-state index >= 15 is 0 Å². The van der Waals surface area contributed by atoms with Crippen molar-refractivity contribution in [3.63, 3.8) is 0 Å². The van der Waals surface area contributed by atoms with Crippen molar-refractivity contribution in [3.8, 4) is 34.5 Å². The molecule has 6 aromatic carbocycles. The Balaban J connectivity index is 1.24. The Hall–Kier alpha value is -8.62.